The smallest absolute Gasteiger partial charge is 0.288 e. The van der Waals surface area contributed by atoms with Crippen LogP contribution in [0.1, 0.15) is 11.1 Å². The fourth-order valence-electron chi connectivity index (χ4n) is 2.69. The number of hydrogen-bond donors (Lipinski definition) is 2. The highest BCUT2D eigenvalue weighted by Gasteiger charge is 2.24. The first kappa shape index (κ1) is 19.2. The van der Waals surface area contributed by atoms with Gasteiger partial charge >= 0.3 is 0 Å². The SMILES string of the molecule is Cc1ccccc1NC(=S)/C(=C(/O)c1cccc([N+](=O)[O-])c1)[n+]1ccccc1. The van der Waals surface area contributed by atoms with Crippen molar-refractivity contribution >= 4 is 40.0 Å². The maximum atomic E-state index is 11.1. The molecule has 0 amide bonds. The molecule has 0 spiro atoms. The third-order valence-electron chi connectivity index (χ3n) is 4.14. The van der Waals surface area contributed by atoms with Crippen LogP contribution in [0.15, 0.2) is 79.1 Å². The van der Waals surface area contributed by atoms with E-state index in [9.17, 15) is 15.2 Å². The van der Waals surface area contributed by atoms with Crippen molar-refractivity contribution in [2.24, 2.45) is 0 Å². The van der Waals surface area contributed by atoms with E-state index in [0.717, 1.165) is 11.3 Å². The second-order valence-corrected chi connectivity index (χ2v) is 6.46. The van der Waals surface area contributed by atoms with Crippen LogP contribution in [0.3, 0.4) is 0 Å². The summed E-state index contributed by atoms with van der Waals surface area (Å²) in [5.41, 5.74) is 2.32. The summed E-state index contributed by atoms with van der Waals surface area (Å²) < 4.78 is 1.67. The lowest BCUT2D eigenvalue weighted by Crippen LogP contribution is -2.38. The highest BCUT2D eigenvalue weighted by atomic mass is 32.1. The number of hydrogen-bond acceptors (Lipinski definition) is 4. The van der Waals surface area contributed by atoms with E-state index >= 15 is 0 Å². The maximum absolute atomic E-state index is 11.1. The fraction of sp³-hybridized carbons (Fsp3) is 0.0476. The van der Waals surface area contributed by atoms with Crippen LogP contribution in [0.2, 0.25) is 0 Å². The summed E-state index contributed by atoms with van der Waals surface area (Å²) in [7, 11) is 0. The van der Waals surface area contributed by atoms with Crippen molar-refractivity contribution in [1.29, 1.82) is 0 Å². The van der Waals surface area contributed by atoms with Gasteiger partial charge in [0.05, 0.1) is 4.92 Å². The first-order valence-corrected chi connectivity index (χ1v) is 8.90. The number of non-ortho nitro benzene ring substituents is 1. The number of nitro benzene ring substituents is 1. The van der Waals surface area contributed by atoms with Gasteiger partial charge in [-0.3, -0.25) is 10.1 Å². The predicted octanol–water partition coefficient (Wildman–Crippen LogP) is 4.51. The molecule has 0 saturated carbocycles. The Hall–Kier alpha value is -3.58. The number of aliphatic hydroxyl groups is 1. The predicted molar refractivity (Wildman–Crippen MR) is 113 cm³/mol. The number of aryl methyl sites for hydroxylation is 1. The maximum Gasteiger partial charge on any atom is 0.288 e. The number of pyridine rings is 1. The number of nitro groups is 1. The molecule has 2 N–H and O–H groups in total. The van der Waals surface area contributed by atoms with Crippen LogP contribution in [0, 0.1) is 17.0 Å². The summed E-state index contributed by atoms with van der Waals surface area (Å²) in [4.78, 5) is 10.9. The third kappa shape index (κ3) is 4.21. The Balaban J connectivity index is 2.10. The van der Waals surface area contributed by atoms with Crippen LogP contribution < -0.4 is 9.88 Å². The van der Waals surface area contributed by atoms with E-state index in [1.54, 1.807) is 35.2 Å². The molecule has 3 rings (SSSR count). The van der Waals surface area contributed by atoms with Gasteiger partial charge in [-0.15, -0.1) is 0 Å². The van der Waals surface area contributed by atoms with Crippen molar-refractivity contribution in [2.75, 3.05) is 5.32 Å². The normalized spacial score (nSPS) is 11.5. The molecule has 6 nitrogen and oxygen atoms in total. The van der Waals surface area contributed by atoms with Gasteiger partial charge in [-0.25, -0.2) is 0 Å². The molecule has 0 unspecified atom stereocenters. The van der Waals surface area contributed by atoms with Gasteiger partial charge in [-0.1, -0.05) is 48.6 Å². The first-order chi connectivity index (χ1) is 13.5. The zero-order valence-corrected chi connectivity index (χ0v) is 15.9. The van der Waals surface area contributed by atoms with Crippen LogP contribution in [-0.4, -0.2) is 15.0 Å². The van der Waals surface area contributed by atoms with E-state index in [0.29, 0.717) is 11.3 Å². The average molecular weight is 392 g/mol. The molecule has 0 aliphatic carbocycles. The zero-order chi connectivity index (χ0) is 20.1. The molecule has 0 bridgehead atoms. The second kappa shape index (κ2) is 8.41. The lowest BCUT2D eigenvalue weighted by atomic mass is 10.1. The summed E-state index contributed by atoms with van der Waals surface area (Å²) in [6.07, 6.45) is 3.49. The van der Waals surface area contributed by atoms with E-state index in [4.69, 9.17) is 12.2 Å². The molecule has 28 heavy (non-hydrogen) atoms. The van der Waals surface area contributed by atoms with Gasteiger partial charge in [0.15, 0.2) is 23.1 Å². The van der Waals surface area contributed by atoms with Gasteiger partial charge in [0.1, 0.15) is 0 Å². The molecule has 0 atom stereocenters. The molecule has 0 radical (unpaired) electrons. The van der Waals surface area contributed by atoms with E-state index in [-0.39, 0.29) is 16.4 Å². The zero-order valence-electron chi connectivity index (χ0n) is 15.1. The molecule has 0 saturated heterocycles. The van der Waals surface area contributed by atoms with Crippen LogP contribution in [0.25, 0.3) is 11.5 Å². The lowest BCUT2D eigenvalue weighted by molar-refractivity contribution is -0.575. The minimum absolute atomic E-state index is 0.112. The van der Waals surface area contributed by atoms with Crippen molar-refractivity contribution in [1.82, 2.24) is 0 Å². The minimum atomic E-state index is -0.504. The van der Waals surface area contributed by atoms with E-state index in [2.05, 4.69) is 5.32 Å². The summed E-state index contributed by atoms with van der Waals surface area (Å²) in [5.74, 6) is -0.161. The number of aliphatic hydroxyl groups excluding tert-OH is 1. The van der Waals surface area contributed by atoms with Crippen molar-refractivity contribution in [3.8, 4) is 0 Å². The molecule has 3 aromatic rings. The summed E-state index contributed by atoms with van der Waals surface area (Å²) in [6, 6.07) is 18.9. The van der Waals surface area contributed by atoms with E-state index in [1.807, 2.05) is 37.3 Å². The Kier molecular flexibility index (Phi) is 5.76. The Morgan fingerprint density at radius 1 is 1.07 bits per heavy atom. The van der Waals surface area contributed by atoms with Gasteiger partial charge in [0.2, 0.25) is 0 Å². The van der Waals surface area contributed by atoms with Crippen molar-refractivity contribution in [3.05, 3.63) is 100 Å². The molecule has 1 aromatic heterocycles. The fourth-order valence-corrected chi connectivity index (χ4v) is 3.01. The number of benzene rings is 2. The standard InChI is InChI=1S/C21H17N3O3S/c1-15-8-3-4-11-18(15)22-21(28)19(23-12-5-2-6-13-23)20(25)16-9-7-10-17(14-16)24(26)27/h2-14H,1H3,(H-,22,25,28)/p+1. The van der Waals surface area contributed by atoms with Crippen LogP contribution in [-0.2, 0) is 0 Å². The number of thiocarbonyl (C=S) groups is 1. The van der Waals surface area contributed by atoms with Gasteiger partial charge in [0.25, 0.3) is 11.4 Å². The number of anilines is 1. The Morgan fingerprint density at radius 3 is 2.46 bits per heavy atom. The number of para-hydroxylation sites is 1. The highest BCUT2D eigenvalue weighted by Crippen LogP contribution is 2.23. The summed E-state index contributed by atoms with van der Waals surface area (Å²) in [5, 5.41) is 25.2. The average Bonchev–Trinajstić information content (AvgIpc) is 2.71. The Bertz CT molecular complexity index is 1070. The molecule has 7 heteroatoms. The Morgan fingerprint density at radius 2 is 1.79 bits per heavy atom. The largest absolute Gasteiger partial charge is 0.502 e. The van der Waals surface area contributed by atoms with Crippen LogP contribution in [0.5, 0.6) is 0 Å². The van der Waals surface area contributed by atoms with Crippen molar-refractivity contribution < 1.29 is 14.6 Å². The first-order valence-electron chi connectivity index (χ1n) is 8.49. The van der Waals surface area contributed by atoms with Gasteiger partial charge in [0, 0.05) is 35.5 Å². The Labute approximate surface area is 167 Å². The van der Waals surface area contributed by atoms with Gasteiger partial charge in [-0.2, -0.15) is 4.57 Å². The molecule has 140 valence electrons. The number of nitrogens with one attached hydrogen (secondary N) is 1. The number of aromatic nitrogens is 1. The van der Waals surface area contributed by atoms with Crippen LogP contribution >= 0.6 is 12.2 Å². The molecule has 0 aliphatic heterocycles. The highest BCUT2D eigenvalue weighted by molar-refractivity contribution is 7.81. The van der Waals surface area contributed by atoms with Gasteiger partial charge < -0.3 is 10.4 Å². The van der Waals surface area contributed by atoms with E-state index < -0.39 is 4.92 Å². The monoisotopic (exact) mass is 392 g/mol. The third-order valence-corrected chi connectivity index (χ3v) is 4.43. The van der Waals surface area contributed by atoms with Crippen LogP contribution in [0.4, 0.5) is 11.4 Å². The number of nitrogens with zero attached hydrogens (tertiary/aromatic N) is 2. The number of rotatable bonds is 5. The lowest BCUT2D eigenvalue weighted by Gasteiger charge is -2.11. The quantitative estimate of drug-likeness (QED) is 0.167. The molecule has 0 aliphatic rings. The molecule has 0 fully saturated rings. The minimum Gasteiger partial charge on any atom is -0.502 e. The summed E-state index contributed by atoms with van der Waals surface area (Å²) in [6.45, 7) is 1.95. The topological polar surface area (TPSA) is 79.3 Å². The van der Waals surface area contributed by atoms with Crippen molar-refractivity contribution in [3.63, 3.8) is 0 Å². The molecule has 2 aromatic carbocycles. The molecular formula is C21H18N3O3S+. The van der Waals surface area contributed by atoms with Crippen molar-refractivity contribution in [2.45, 2.75) is 6.92 Å². The second-order valence-electron chi connectivity index (χ2n) is 6.06. The molecule has 1 heterocycles. The van der Waals surface area contributed by atoms with E-state index in [1.165, 1.54) is 18.2 Å². The van der Waals surface area contributed by atoms with Gasteiger partial charge in [-0.05, 0) is 18.6 Å². The summed E-state index contributed by atoms with van der Waals surface area (Å²) >= 11 is 5.58. The molecular weight excluding hydrogens is 374 g/mol.